The quantitative estimate of drug-likeness (QED) is 0.382. The zero-order chi connectivity index (χ0) is 13.2. The van der Waals surface area contributed by atoms with Crippen LogP contribution in [0.2, 0.25) is 0 Å². The predicted octanol–water partition coefficient (Wildman–Crippen LogP) is 3.44. The minimum atomic E-state index is -0.116. The molecule has 0 amide bonds. The average Bonchev–Trinajstić information content (AvgIpc) is 2.43. The number of ether oxygens (including phenoxy) is 2. The number of unbranched alkanes of at least 4 members (excludes halogenated alkanes) is 2. The van der Waals surface area contributed by atoms with Crippen molar-refractivity contribution in [2.45, 2.75) is 38.4 Å². The third kappa shape index (κ3) is 5.43. The van der Waals surface area contributed by atoms with E-state index in [0.29, 0.717) is 6.42 Å². The zero-order valence-electron chi connectivity index (χ0n) is 11.2. The summed E-state index contributed by atoms with van der Waals surface area (Å²) in [5.74, 6) is 0.227. The van der Waals surface area contributed by atoms with Crippen LogP contribution >= 0.6 is 0 Å². The molecular formula is C15H22O3. The van der Waals surface area contributed by atoms with Crippen molar-refractivity contribution in [3.63, 3.8) is 0 Å². The van der Waals surface area contributed by atoms with Crippen molar-refractivity contribution in [1.82, 2.24) is 0 Å². The molecule has 0 fully saturated rings. The molecule has 1 aromatic carbocycles. The maximum Gasteiger partial charge on any atom is 0.162 e. The van der Waals surface area contributed by atoms with Crippen LogP contribution in [0.25, 0.3) is 0 Å². The van der Waals surface area contributed by atoms with Crippen molar-refractivity contribution in [3.8, 4) is 0 Å². The largest absolute Gasteiger partial charge is 0.356 e. The predicted molar refractivity (Wildman–Crippen MR) is 71.7 cm³/mol. The van der Waals surface area contributed by atoms with Gasteiger partial charge in [-0.2, -0.15) is 0 Å². The second kappa shape index (κ2) is 8.84. The van der Waals surface area contributed by atoms with Crippen LogP contribution < -0.4 is 0 Å². The molecule has 3 heteroatoms. The summed E-state index contributed by atoms with van der Waals surface area (Å²) < 4.78 is 10.2. The molecule has 0 bridgehead atoms. The summed E-state index contributed by atoms with van der Waals surface area (Å²) in [6.45, 7) is 0. The molecule has 0 radical (unpaired) electrons. The van der Waals surface area contributed by atoms with Gasteiger partial charge in [-0.3, -0.25) is 4.79 Å². The molecule has 0 atom stereocenters. The van der Waals surface area contributed by atoms with Crippen LogP contribution in [-0.2, 0) is 9.47 Å². The van der Waals surface area contributed by atoms with Crippen LogP contribution in [0.15, 0.2) is 30.3 Å². The molecule has 1 aromatic rings. The molecule has 0 saturated heterocycles. The first kappa shape index (κ1) is 14.9. The second-order valence-corrected chi connectivity index (χ2v) is 4.29. The topological polar surface area (TPSA) is 35.5 Å². The van der Waals surface area contributed by atoms with Crippen molar-refractivity contribution >= 4 is 5.78 Å². The molecule has 100 valence electrons. The Morgan fingerprint density at radius 3 is 2.33 bits per heavy atom. The molecule has 0 aliphatic carbocycles. The lowest BCUT2D eigenvalue weighted by Gasteiger charge is -2.12. The molecule has 18 heavy (non-hydrogen) atoms. The Morgan fingerprint density at radius 2 is 1.72 bits per heavy atom. The van der Waals surface area contributed by atoms with Gasteiger partial charge < -0.3 is 9.47 Å². The van der Waals surface area contributed by atoms with Gasteiger partial charge in [0, 0.05) is 26.2 Å². The summed E-state index contributed by atoms with van der Waals surface area (Å²) in [7, 11) is 3.29. The molecule has 0 aliphatic rings. The van der Waals surface area contributed by atoms with E-state index in [0.717, 1.165) is 31.2 Å². The Bertz CT molecular complexity index is 331. The minimum absolute atomic E-state index is 0.116. The third-order valence-electron chi connectivity index (χ3n) is 2.97. The first-order chi connectivity index (χ1) is 8.77. The van der Waals surface area contributed by atoms with Crippen LogP contribution in [0.4, 0.5) is 0 Å². The number of benzene rings is 1. The van der Waals surface area contributed by atoms with Gasteiger partial charge in [-0.25, -0.2) is 0 Å². The molecule has 0 unspecified atom stereocenters. The highest BCUT2D eigenvalue weighted by molar-refractivity contribution is 5.95. The van der Waals surface area contributed by atoms with E-state index >= 15 is 0 Å². The Hall–Kier alpha value is -1.19. The number of carbonyl (C=O) groups is 1. The SMILES string of the molecule is COC(CCCCCC(=O)c1ccccc1)OC. The highest BCUT2D eigenvalue weighted by atomic mass is 16.7. The van der Waals surface area contributed by atoms with Gasteiger partial charge in [0.05, 0.1) is 0 Å². The molecule has 0 N–H and O–H groups in total. The molecule has 0 spiro atoms. The molecule has 0 aliphatic heterocycles. The smallest absolute Gasteiger partial charge is 0.162 e. The van der Waals surface area contributed by atoms with Gasteiger partial charge in [0.1, 0.15) is 0 Å². The van der Waals surface area contributed by atoms with E-state index in [1.807, 2.05) is 30.3 Å². The van der Waals surface area contributed by atoms with Crippen LogP contribution in [0, 0.1) is 0 Å². The molecule has 1 rings (SSSR count). The summed E-state index contributed by atoms with van der Waals surface area (Å²) in [4.78, 5) is 11.8. The van der Waals surface area contributed by atoms with Crippen molar-refractivity contribution in [2.75, 3.05) is 14.2 Å². The summed E-state index contributed by atoms with van der Waals surface area (Å²) in [5, 5.41) is 0. The maximum absolute atomic E-state index is 11.8. The van der Waals surface area contributed by atoms with Crippen molar-refractivity contribution < 1.29 is 14.3 Å². The van der Waals surface area contributed by atoms with Gasteiger partial charge in [-0.15, -0.1) is 0 Å². The summed E-state index contributed by atoms with van der Waals surface area (Å²) in [6, 6.07) is 9.46. The fraction of sp³-hybridized carbons (Fsp3) is 0.533. The summed E-state index contributed by atoms with van der Waals surface area (Å²) in [5.41, 5.74) is 0.809. The summed E-state index contributed by atoms with van der Waals surface area (Å²) in [6.07, 6.45) is 4.36. The lowest BCUT2D eigenvalue weighted by atomic mass is 10.0. The van der Waals surface area contributed by atoms with E-state index in [9.17, 15) is 4.79 Å². The highest BCUT2D eigenvalue weighted by Gasteiger charge is 2.06. The molecule has 3 nitrogen and oxygen atoms in total. The number of carbonyl (C=O) groups excluding carboxylic acids is 1. The van der Waals surface area contributed by atoms with Gasteiger partial charge in [-0.05, 0) is 19.3 Å². The fourth-order valence-corrected chi connectivity index (χ4v) is 1.87. The normalized spacial score (nSPS) is 10.8. The number of rotatable bonds is 9. The number of hydrogen-bond donors (Lipinski definition) is 0. The number of Topliss-reactive ketones (excluding diaryl/α,β-unsaturated/α-hetero) is 1. The Kier molecular flexibility index (Phi) is 7.30. The minimum Gasteiger partial charge on any atom is -0.356 e. The monoisotopic (exact) mass is 250 g/mol. The van der Waals surface area contributed by atoms with E-state index in [1.54, 1.807) is 14.2 Å². The van der Waals surface area contributed by atoms with Crippen molar-refractivity contribution in [2.24, 2.45) is 0 Å². The average molecular weight is 250 g/mol. The number of ketones is 1. The van der Waals surface area contributed by atoms with E-state index in [2.05, 4.69) is 0 Å². The van der Waals surface area contributed by atoms with Gasteiger partial charge in [0.2, 0.25) is 0 Å². The summed E-state index contributed by atoms with van der Waals surface area (Å²) >= 11 is 0. The van der Waals surface area contributed by atoms with Crippen LogP contribution in [0.5, 0.6) is 0 Å². The molecule has 0 saturated carbocycles. The molecular weight excluding hydrogens is 228 g/mol. The van der Waals surface area contributed by atoms with Crippen molar-refractivity contribution in [1.29, 1.82) is 0 Å². The van der Waals surface area contributed by atoms with E-state index in [4.69, 9.17) is 9.47 Å². The molecule has 0 aromatic heterocycles. The Morgan fingerprint density at radius 1 is 1.06 bits per heavy atom. The first-order valence-corrected chi connectivity index (χ1v) is 6.41. The lowest BCUT2D eigenvalue weighted by Crippen LogP contribution is -2.12. The zero-order valence-corrected chi connectivity index (χ0v) is 11.2. The molecule has 0 heterocycles. The maximum atomic E-state index is 11.8. The highest BCUT2D eigenvalue weighted by Crippen LogP contribution is 2.11. The second-order valence-electron chi connectivity index (χ2n) is 4.29. The van der Waals surface area contributed by atoms with Gasteiger partial charge >= 0.3 is 0 Å². The standard InChI is InChI=1S/C15H22O3/c1-17-15(18-2)12-8-4-7-11-14(16)13-9-5-3-6-10-13/h3,5-6,9-10,15H,4,7-8,11-12H2,1-2H3. The number of hydrogen-bond acceptors (Lipinski definition) is 3. The van der Waals surface area contributed by atoms with E-state index in [-0.39, 0.29) is 12.1 Å². The van der Waals surface area contributed by atoms with Crippen LogP contribution in [0.3, 0.4) is 0 Å². The number of methoxy groups -OCH3 is 2. The third-order valence-corrected chi connectivity index (χ3v) is 2.97. The van der Waals surface area contributed by atoms with Gasteiger partial charge in [-0.1, -0.05) is 36.8 Å². The van der Waals surface area contributed by atoms with Gasteiger partial charge in [0.15, 0.2) is 12.1 Å². The van der Waals surface area contributed by atoms with Crippen LogP contribution in [-0.4, -0.2) is 26.3 Å². The van der Waals surface area contributed by atoms with Gasteiger partial charge in [0.25, 0.3) is 0 Å². The Balaban J connectivity index is 2.13. The van der Waals surface area contributed by atoms with E-state index in [1.165, 1.54) is 0 Å². The van der Waals surface area contributed by atoms with Crippen molar-refractivity contribution in [3.05, 3.63) is 35.9 Å². The first-order valence-electron chi connectivity index (χ1n) is 6.41. The van der Waals surface area contributed by atoms with Crippen LogP contribution in [0.1, 0.15) is 42.5 Å². The van der Waals surface area contributed by atoms with E-state index < -0.39 is 0 Å². The Labute approximate surface area is 109 Å². The fourth-order valence-electron chi connectivity index (χ4n) is 1.87. The lowest BCUT2D eigenvalue weighted by molar-refractivity contribution is -0.107.